The Kier molecular flexibility index (Phi) is 2.71. The van der Waals surface area contributed by atoms with Crippen molar-refractivity contribution in [3.8, 4) is 0 Å². The molecule has 0 N–H and O–H groups in total. The first kappa shape index (κ1) is 9.50. The summed E-state index contributed by atoms with van der Waals surface area (Å²) in [6.45, 7) is 8.69. The van der Waals surface area contributed by atoms with E-state index >= 15 is 0 Å². The number of hydrogen-bond donors (Lipinski definition) is 0. The van der Waals surface area contributed by atoms with Gasteiger partial charge < -0.3 is 0 Å². The molecule has 0 bridgehead atoms. The predicted molar refractivity (Wildman–Crippen MR) is 54.7 cm³/mol. The highest BCUT2D eigenvalue weighted by molar-refractivity contribution is 5.95. The lowest BCUT2D eigenvalue weighted by Gasteiger charge is -2.18. The largest absolute Gasteiger partial charge is 0.284 e. The van der Waals surface area contributed by atoms with Crippen molar-refractivity contribution >= 4 is 5.71 Å². The van der Waals surface area contributed by atoms with E-state index in [0.29, 0.717) is 0 Å². The fourth-order valence-corrected chi connectivity index (χ4v) is 1.35. The van der Waals surface area contributed by atoms with Crippen molar-refractivity contribution in [1.82, 2.24) is 0 Å². The first-order valence-corrected chi connectivity index (χ1v) is 4.74. The van der Waals surface area contributed by atoms with Crippen LogP contribution < -0.4 is 0 Å². The summed E-state index contributed by atoms with van der Waals surface area (Å²) in [5.41, 5.74) is 1.35. The Morgan fingerprint density at radius 1 is 1.42 bits per heavy atom. The Labute approximate surface area is 75.6 Å². The zero-order valence-electron chi connectivity index (χ0n) is 8.59. The summed E-state index contributed by atoms with van der Waals surface area (Å²) in [6, 6.07) is 0. The van der Waals surface area contributed by atoms with Gasteiger partial charge in [0.15, 0.2) is 0 Å². The Hall–Kier alpha value is -0.590. The van der Waals surface area contributed by atoms with Crippen LogP contribution in [-0.4, -0.2) is 11.3 Å². The van der Waals surface area contributed by atoms with Crippen molar-refractivity contribution in [3.05, 3.63) is 12.2 Å². The van der Waals surface area contributed by atoms with Gasteiger partial charge in [0.2, 0.25) is 0 Å². The van der Waals surface area contributed by atoms with Crippen LogP contribution >= 0.6 is 0 Å². The zero-order chi connectivity index (χ0) is 9.19. The van der Waals surface area contributed by atoms with Crippen LogP contribution in [0.4, 0.5) is 0 Å². The number of rotatable bonds is 0. The molecule has 0 aliphatic heterocycles. The van der Waals surface area contributed by atoms with E-state index in [1.807, 2.05) is 0 Å². The molecule has 0 spiro atoms. The topological polar surface area (TPSA) is 12.4 Å². The van der Waals surface area contributed by atoms with E-state index in [1.165, 1.54) is 12.1 Å². The number of hydrogen-bond acceptors (Lipinski definition) is 1. The van der Waals surface area contributed by atoms with Gasteiger partial charge in [0, 0.05) is 5.71 Å². The number of aliphatic imine (C=N–C) groups is 1. The molecule has 1 rings (SSSR count). The fourth-order valence-electron chi connectivity index (χ4n) is 1.35. The zero-order valence-corrected chi connectivity index (χ0v) is 8.59. The molecule has 1 aliphatic carbocycles. The molecule has 0 fully saturated rings. The fraction of sp³-hybridized carbons (Fsp3) is 0.727. The second kappa shape index (κ2) is 3.42. The third-order valence-corrected chi connectivity index (χ3v) is 1.95. The Morgan fingerprint density at radius 2 is 2.08 bits per heavy atom. The normalized spacial score (nSPS) is 28.0. The van der Waals surface area contributed by atoms with Gasteiger partial charge in [0.05, 0.1) is 5.54 Å². The van der Waals surface area contributed by atoms with E-state index in [-0.39, 0.29) is 5.54 Å². The first-order chi connectivity index (χ1) is 5.47. The number of nitrogens with zero attached hydrogens (tertiary/aromatic N) is 1. The van der Waals surface area contributed by atoms with E-state index in [0.717, 1.165) is 12.3 Å². The Balaban J connectivity index is 2.66. The SMILES string of the molecule is CC1C=CC(=NC(C)(C)C)CC1. The highest BCUT2D eigenvalue weighted by Crippen LogP contribution is 2.17. The maximum absolute atomic E-state index is 4.63. The summed E-state index contributed by atoms with van der Waals surface area (Å²) in [5, 5.41) is 0. The standard InChI is InChI=1S/C11H19N/c1-9-5-7-10(8-6-9)12-11(2,3)4/h5,7,9H,6,8H2,1-4H3. The molecule has 68 valence electrons. The van der Waals surface area contributed by atoms with Gasteiger partial charge in [-0.2, -0.15) is 0 Å². The Bertz CT molecular complexity index is 206. The molecule has 0 saturated heterocycles. The summed E-state index contributed by atoms with van der Waals surface area (Å²) in [6.07, 6.45) is 6.84. The summed E-state index contributed by atoms with van der Waals surface area (Å²) < 4.78 is 0. The molecule has 0 aromatic rings. The average molecular weight is 165 g/mol. The molecular weight excluding hydrogens is 146 g/mol. The molecule has 1 aliphatic rings. The van der Waals surface area contributed by atoms with Crippen molar-refractivity contribution in [2.45, 2.75) is 46.1 Å². The smallest absolute Gasteiger partial charge is 0.0527 e. The summed E-state index contributed by atoms with van der Waals surface area (Å²) in [5.74, 6) is 0.740. The van der Waals surface area contributed by atoms with Crippen molar-refractivity contribution < 1.29 is 0 Å². The van der Waals surface area contributed by atoms with E-state index in [9.17, 15) is 0 Å². The van der Waals surface area contributed by atoms with Gasteiger partial charge in [-0.3, -0.25) is 4.99 Å². The molecule has 1 unspecified atom stereocenters. The number of allylic oxidation sites excluding steroid dienone is 2. The van der Waals surface area contributed by atoms with E-state index < -0.39 is 0 Å². The molecule has 0 aromatic heterocycles. The van der Waals surface area contributed by atoms with Crippen LogP contribution in [0.3, 0.4) is 0 Å². The quantitative estimate of drug-likeness (QED) is 0.522. The minimum Gasteiger partial charge on any atom is -0.284 e. The lowest BCUT2D eigenvalue weighted by molar-refractivity contribution is 0.576. The predicted octanol–water partition coefficient (Wildman–Crippen LogP) is 3.21. The van der Waals surface area contributed by atoms with E-state index in [1.54, 1.807) is 0 Å². The van der Waals surface area contributed by atoms with Crippen molar-refractivity contribution in [2.24, 2.45) is 10.9 Å². The van der Waals surface area contributed by atoms with Crippen molar-refractivity contribution in [3.63, 3.8) is 0 Å². The van der Waals surface area contributed by atoms with Gasteiger partial charge >= 0.3 is 0 Å². The third-order valence-electron chi connectivity index (χ3n) is 1.95. The van der Waals surface area contributed by atoms with Crippen LogP contribution in [0.2, 0.25) is 0 Å². The molecule has 1 heteroatoms. The molecular formula is C11H19N. The van der Waals surface area contributed by atoms with E-state index in [4.69, 9.17) is 0 Å². The molecule has 0 saturated carbocycles. The van der Waals surface area contributed by atoms with Gasteiger partial charge in [0.1, 0.15) is 0 Å². The van der Waals surface area contributed by atoms with Gasteiger partial charge in [-0.1, -0.05) is 13.0 Å². The van der Waals surface area contributed by atoms with Gasteiger partial charge in [-0.15, -0.1) is 0 Å². The second-order valence-electron chi connectivity index (χ2n) is 4.65. The van der Waals surface area contributed by atoms with Crippen LogP contribution in [0, 0.1) is 5.92 Å². The molecule has 0 aromatic carbocycles. The van der Waals surface area contributed by atoms with E-state index in [2.05, 4.69) is 44.8 Å². The minimum absolute atomic E-state index is 0.0836. The first-order valence-electron chi connectivity index (χ1n) is 4.74. The van der Waals surface area contributed by atoms with Crippen LogP contribution in [-0.2, 0) is 0 Å². The lowest BCUT2D eigenvalue weighted by Crippen LogP contribution is -2.15. The van der Waals surface area contributed by atoms with Gasteiger partial charge in [-0.25, -0.2) is 0 Å². The maximum atomic E-state index is 4.63. The third kappa shape index (κ3) is 3.21. The highest BCUT2D eigenvalue weighted by Gasteiger charge is 2.11. The van der Waals surface area contributed by atoms with Crippen molar-refractivity contribution in [1.29, 1.82) is 0 Å². The minimum atomic E-state index is 0.0836. The summed E-state index contributed by atoms with van der Waals surface area (Å²) >= 11 is 0. The second-order valence-corrected chi connectivity index (χ2v) is 4.65. The van der Waals surface area contributed by atoms with Crippen LogP contribution in [0.15, 0.2) is 17.1 Å². The monoisotopic (exact) mass is 165 g/mol. The molecule has 0 radical (unpaired) electrons. The Morgan fingerprint density at radius 3 is 2.50 bits per heavy atom. The van der Waals surface area contributed by atoms with Gasteiger partial charge in [0.25, 0.3) is 0 Å². The molecule has 12 heavy (non-hydrogen) atoms. The average Bonchev–Trinajstić information content (AvgIpc) is 1.91. The molecule has 0 heterocycles. The lowest BCUT2D eigenvalue weighted by atomic mass is 9.96. The van der Waals surface area contributed by atoms with Gasteiger partial charge in [-0.05, 0) is 45.6 Å². The molecule has 0 amide bonds. The highest BCUT2D eigenvalue weighted by atomic mass is 14.8. The van der Waals surface area contributed by atoms with Crippen LogP contribution in [0.5, 0.6) is 0 Å². The molecule has 1 atom stereocenters. The van der Waals surface area contributed by atoms with Crippen LogP contribution in [0.1, 0.15) is 40.5 Å². The summed E-state index contributed by atoms with van der Waals surface area (Å²) in [7, 11) is 0. The molecule has 1 nitrogen and oxygen atoms in total. The maximum Gasteiger partial charge on any atom is 0.0527 e. The summed E-state index contributed by atoms with van der Waals surface area (Å²) in [4.78, 5) is 4.63. The van der Waals surface area contributed by atoms with Crippen LogP contribution in [0.25, 0.3) is 0 Å². The van der Waals surface area contributed by atoms with Crippen molar-refractivity contribution in [2.75, 3.05) is 0 Å².